The molecular formula is C15H17BrN2S. The summed E-state index contributed by atoms with van der Waals surface area (Å²) in [5.41, 5.74) is 3.88. The molecule has 0 bridgehead atoms. The number of thiazole rings is 1. The third kappa shape index (κ3) is 2.49. The van der Waals surface area contributed by atoms with Crippen molar-refractivity contribution in [3.05, 3.63) is 49.4 Å². The fraction of sp³-hybridized carbons (Fsp3) is 0.400. The van der Waals surface area contributed by atoms with Gasteiger partial charge in [-0.05, 0) is 50.4 Å². The van der Waals surface area contributed by atoms with Gasteiger partial charge in [0.15, 0.2) is 0 Å². The molecule has 4 heteroatoms. The van der Waals surface area contributed by atoms with E-state index in [9.17, 15) is 0 Å². The average Bonchev–Trinajstić information content (AvgIpc) is 2.95. The Labute approximate surface area is 126 Å². The normalized spacial score (nSPS) is 15.5. The molecule has 100 valence electrons. The van der Waals surface area contributed by atoms with Crippen molar-refractivity contribution in [2.24, 2.45) is 0 Å². The van der Waals surface area contributed by atoms with Crippen molar-refractivity contribution in [2.75, 3.05) is 7.05 Å². The summed E-state index contributed by atoms with van der Waals surface area (Å²) >= 11 is 5.43. The predicted octanol–water partition coefficient (Wildman–Crippen LogP) is 4.01. The SMILES string of the molecule is CNC(c1ccc(Br)c(C)c1)c1nc2c(s1)CCC2. The molecule has 0 spiro atoms. The summed E-state index contributed by atoms with van der Waals surface area (Å²) in [6.07, 6.45) is 3.64. The molecule has 2 aromatic rings. The van der Waals surface area contributed by atoms with Crippen LogP contribution in [0.5, 0.6) is 0 Å². The van der Waals surface area contributed by atoms with Crippen LogP contribution in [0.2, 0.25) is 0 Å². The number of rotatable bonds is 3. The average molecular weight is 337 g/mol. The Morgan fingerprint density at radius 3 is 2.89 bits per heavy atom. The van der Waals surface area contributed by atoms with Gasteiger partial charge in [-0.1, -0.05) is 28.1 Å². The van der Waals surface area contributed by atoms with Gasteiger partial charge in [-0.2, -0.15) is 0 Å². The minimum Gasteiger partial charge on any atom is -0.307 e. The lowest BCUT2D eigenvalue weighted by Crippen LogP contribution is -2.17. The van der Waals surface area contributed by atoms with Crippen molar-refractivity contribution < 1.29 is 0 Å². The third-order valence-electron chi connectivity index (χ3n) is 3.66. The third-order valence-corrected chi connectivity index (χ3v) is 5.78. The van der Waals surface area contributed by atoms with E-state index in [0.29, 0.717) is 0 Å². The Hall–Kier alpha value is -0.710. The quantitative estimate of drug-likeness (QED) is 0.915. The molecule has 0 aliphatic heterocycles. The fourth-order valence-corrected chi connectivity index (χ4v) is 4.15. The Morgan fingerprint density at radius 2 is 2.21 bits per heavy atom. The van der Waals surface area contributed by atoms with Crippen molar-refractivity contribution in [1.82, 2.24) is 10.3 Å². The zero-order chi connectivity index (χ0) is 13.4. The number of hydrogen-bond acceptors (Lipinski definition) is 3. The first kappa shape index (κ1) is 13.3. The lowest BCUT2D eigenvalue weighted by molar-refractivity contribution is 0.682. The number of halogens is 1. The Bertz CT molecular complexity index is 585. The number of benzene rings is 1. The lowest BCUT2D eigenvalue weighted by Gasteiger charge is -2.15. The summed E-state index contributed by atoms with van der Waals surface area (Å²) < 4.78 is 1.16. The number of nitrogens with one attached hydrogen (secondary N) is 1. The maximum absolute atomic E-state index is 4.83. The van der Waals surface area contributed by atoms with Crippen LogP contribution in [0.1, 0.15) is 39.2 Å². The molecule has 2 nitrogen and oxygen atoms in total. The van der Waals surface area contributed by atoms with E-state index in [4.69, 9.17) is 4.98 Å². The Balaban J connectivity index is 1.96. The first-order valence-electron chi connectivity index (χ1n) is 6.61. The van der Waals surface area contributed by atoms with Gasteiger partial charge in [-0.25, -0.2) is 4.98 Å². The van der Waals surface area contributed by atoms with Crippen LogP contribution < -0.4 is 5.32 Å². The van der Waals surface area contributed by atoms with E-state index in [-0.39, 0.29) is 6.04 Å². The molecule has 0 fully saturated rings. The van der Waals surface area contributed by atoms with Gasteiger partial charge >= 0.3 is 0 Å². The number of aryl methyl sites for hydroxylation is 3. The van der Waals surface area contributed by atoms with Gasteiger partial charge in [-0.3, -0.25) is 0 Å². The van der Waals surface area contributed by atoms with E-state index in [2.05, 4.69) is 46.4 Å². The summed E-state index contributed by atoms with van der Waals surface area (Å²) in [6.45, 7) is 2.13. The summed E-state index contributed by atoms with van der Waals surface area (Å²) in [5.74, 6) is 0. The molecule has 19 heavy (non-hydrogen) atoms. The summed E-state index contributed by atoms with van der Waals surface area (Å²) in [7, 11) is 2.01. The molecule has 1 N–H and O–H groups in total. The first-order valence-corrected chi connectivity index (χ1v) is 8.22. The highest BCUT2D eigenvalue weighted by molar-refractivity contribution is 9.10. The number of aromatic nitrogens is 1. The number of nitrogens with zero attached hydrogens (tertiary/aromatic N) is 1. The van der Waals surface area contributed by atoms with Crippen LogP contribution in [0, 0.1) is 6.92 Å². The highest BCUT2D eigenvalue weighted by atomic mass is 79.9. The molecule has 1 aliphatic rings. The van der Waals surface area contributed by atoms with Crippen LogP contribution in [0.4, 0.5) is 0 Å². The Kier molecular flexibility index (Phi) is 3.74. The maximum atomic E-state index is 4.83. The second-order valence-electron chi connectivity index (χ2n) is 5.01. The zero-order valence-corrected chi connectivity index (χ0v) is 13.6. The highest BCUT2D eigenvalue weighted by Gasteiger charge is 2.22. The molecule has 0 saturated carbocycles. The molecule has 1 unspecified atom stereocenters. The molecule has 1 aromatic heterocycles. The molecule has 0 saturated heterocycles. The number of fused-ring (bicyclic) bond motifs is 1. The van der Waals surface area contributed by atoms with Crippen molar-refractivity contribution >= 4 is 27.3 Å². The first-order chi connectivity index (χ1) is 9.19. The zero-order valence-electron chi connectivity index (χ0n) is 11.2. The molecule has 1 aromatic carbocycles. The van der Waals surface area contributed by atoms with Gasteiger partial charge in [0.1, 0.15) is 5.01 Å². The summed E-state index contributed by atoms with van der Waals surface area (Å²) in [6, 6.07) is 6.74. The largest absolute Gasteiger partial charge is 0.307 e. The van der Waals surface area contributed by atoms with Crippen molar-refractivity contribution in [3.8, 4) is 0 Å². The van der Waals surface area contributed by atoms with E-state index in [1.54, 1.807) is 0 Å². The fourth-order valence-electron chi connectivity index (χ4n) is 2.61. The molecular weight excluding hydrogens is 320 g/mol. The highest BCUT2D eigenvalue weighted by Crippen LogP contribution is 2.33. The van der Waals surface area contributed by atoms with Crippen molar-refractivity contribution in [2.45, 2.75) is 32.2 Å². The van der Waals surface area contributed by atoms with E-state index < -0.39 is 0 Å². The second kappa shape index (κ2) is 5.35. The van der Waals surface area contributed by atoms with Crippen LogP contribution in [-0.4, -0.2) is 12.0 Å². The molecule has 1 heterocycles. The van der Waals surface area contributed by atoms with Gasteiger partial charge in [0.25, 0.3) is 0 Å². The van der Waals surface area contributed by atoms with Crippen LogP contribution in [0.3, 0.4) is 0 Å². The predicted molar refractivity (Wildman–Crippen MR) is 83.9 cm³/mol. The van der Waals surface area contributed by atoms with Crippen LogP contribution in [-0.2, 0) is 12.8 Å². The van der Waals surface area contributed by atoms with Gasteiger partial charge in [0.05, 0.1) is 11.7 Å². The van der Waals surface area contributed by atoms with Gasteiger partial charge in [0.2, 0.25) is 0 Å². The smallest absolute Gasteiger partial charge is 0.115 e. The molecule has 1 aliphatic carbocycles. The van der Waals surface area contributed by atoms with Gasteiger partial charge in [0, 0.05) is 9.35 Å². The van der Waals surface area contributed by atoms with Gasteiger partial charge in [-0.15, -0.1) is 11.3 Å². The van der Waals surface area contributed by atoms with Crippen LogP contribution >= 0.6 is 27.3 Å². The van der Waals surface area contributed by atoms with Crippen molar-refractivity contribution in [3.63, 3.8) is 0 Å². The molecule has 1 atom stereocenters. The summed E-state index contributed by atoms with van der Waals surface area (Å²) in [5, 5.41) is 4.61. The minimum atomic E-state index is 0.211. The second-order valence-corrected chi connectivity index (χ2v) is 6.98. The molecule has 0 amide bonds. The van der Waals surface area contributed by atoms with E-state index in [0.717, 1.165) is 10.9 Å². The Morgan fingerprint density at radius 1 is 1.37 bits per heavy atom. The minimum absolute atomic E-state index is 0.211. The van der Waals surface area contributed by atoms with Crippen LogP contribution in [0.25, 0.3) is 0 Å². The van der Waals surface area contributed by atoms with Gasteiger partial charge < -0.3 is 5.32 Å². The lowest BCUT2D eigenvalue weighted by atomic mass is 10.1. The molecule has 3 rings (SSSR count). The topological polar surface area (TPSA) is 24.9 Å². The maximum Gasteiger partial charge on any atom is 0.115 e. The van der Waals surface area contributed by atoms with E-state index >= 15 is 0 Å². The number of hydrogen-bond donors (Lipinski definition) is 1. The van der Waals surface area contributed by atoms with Crippen molar-refractivity contribution in [1.29, 1.82) is 0 Å². The molecule has 0 radical (unpaired) electrons. The van der Waals surface area contributed by atoms with Crippen LogP contribution in [0.15, 0.2) is 22.7 Å². The van der Waals surface area contributed by atoms with E-state index in [1.807, 2.05) is 18.4 Å². The summed E-state index contributed by atoms with van der Waals surface area (Å²) in [4.78, 5) is 6.32. The monoisotopic (exact) mass is 336 g/mol. The standard InChI is InChI=1S/C15H17BrN2S/c1-9-8-10(6-7-11(9)16)14(17-2)15-18-12-4-3-5-13(12)19-15/h6-8,14,17H,3-5H2,1-2H3. The van der Waals surface area contributed by atoms with E-state index in [1.165, 1.54) is 39.5 Å².